The Hall–Kier alpha value is -5.22. The number of carboxylic acids is 2. The number of aromatic carboxylic acids is 1. The monoisotopic (exact) mass is 733 g/mol. The average molecular weight is 734 g/mol. The topological polar surface area (TPSA) is 149 Å². The summed E-state index contributed by atoms with van der Waals surface area (Å²) >= 11 is 5.84. The Labute approximate surface area is 310 Å². The van der Waals surface area contributed by atoms with Gasteiger partial charge in [0.25, 0.3) is 0 Å². The largest absolute Gasteiger partial charge is 0.493 e. The van der Waals surface area contributed by atoms with E-state index in [1.165, 1.54) is 24.0 Å². The van der Waals surface area contributed by atoms with E-state index in [2.05, 4.69) is 11.1 Å². The Morgan fingerprint density at radius 1 is 0.827 bits per heavy atom. The van der Waals surface area contributed by atoms with Gasteiger partial charge in [0.1, 0.15) is 11.5 Å². The minimum absolute atomic E-state index is 0.110. The third-order valence-corrected chi connectivity index (χ3v) is 7.72. The highest BCUT2D eigenvalue weighted by molar-refractivity contribution is 6.30. The summed E-state index contributed by atoms with van der Waals surface area (Å²) in [6.45, 7) is 14.9. The number of aliphatic carboxylic acids is 1. The first kappa shape index (κ1) is 42.9. The van der Waals surface area contributed by atoms with Crippen LogP contribution in [0.5, 0.6) is 11.5 Å². The van der Waals surface area contributed by atoms with Crippen molar-refractivity contribution in [2.75, 3.05) is 6.61 Å². The number of ketones is 1. The first-order chi connectivity index (χ1) is 24.3. The quantitative estimate of drug-likeness (QED) is 0.0774. The molecule has 3 aromatic carbocycles. The predicted octanol–water partition coefficient (Wildman–Crippen LogP) is 9.03. The van der Waals surface area contributed by atoms with Crippen LogP contribution >= 0.6 is 11.6 Å². The molecule has 4 aromatic rings. The number of nitrogens with zero attached hydrogens (tertiary/aromatic N) is 1. The summed E-state index contributed by atoms with van der Waals surface area (Å²) in [5.74, 6) is -0.871. The molecule has 0 saturated carbocycles. The van der Waals surface area contributed by atoms with E-state index >= 15 is 0 Å². The van der Waals surface area contributed by atoms with Crippen molar-refractivity contribution in [2.24, 2.45) is 5.41 Å². The number of hydrogen-bond acceptors (Lipinski definition) is 8. The number of esters is 1. The highest BCUT2D eigenvalue weighted by atomic mass is 35.5. The fraction of sp³-hybridized carbons (Fsp3) is 0.341. The lowest BCUT2D eigenvalue weighted by Crippen LogP contribution is -2.40. The van der Waals surface area contributed by atoms with Crippen LogP contribution in [-0.4, -0.2) is 57.2 Å². The zero-order valence-corrected chi connectivity index (χ0v) is 31.7. The molecule has 2 N–H and O–H groups in total. The van der Waals surface area contributed by atoms with E-state index in [0.29, 0.717) is 34.9 Å². The Balaban J connectivity index is 0.000000301. The summed E-state index contributed by atoms with van der Waals surface area (Å²) in [6, 6.07) is 22.5. The third kappa shape index (κ3) is 14.6. The van der Waals surface area contributed by atoms with Crippen LogP contribution in [0.2, 0.25) is 5.02 Å². The van der Waals surface area contributed by atoms with Crippen molar-refractivity contribution in [1.82, 2.24) is 4.98 Å². The number of pyridine rings is 1. The number of halogens is 1. The lowest BCUT2D eigenvalue weighted by Gasteiger charge is -2.25. The van der Waals surface area contributed by atoms with Gasteiger partial charge in [0.2, 0.25) is 0 Å². The Morgan fingerprint density at radius 3 is 1.92 bits per heavy atom. The van der Waals surface area contributed by atoms with E-state index in [9.17, 15) is 19.2 Å². The second-order valence-electron chi connectivity index (χ2n) is 13.4. The molecule has 1 heterocycles. The molecule has 52 heavy (non-hydrogen) atoms. The molecule has 0 unspecified atom stereocenters. The second kappa shape index (κ2) is 20.0. The van der Waals surface area contributed by atoms with E-state index in [4.69, 9.17) is 36.0 Å². The smallest absolute Gasteiger partial charge is 0.350 e. The van der Waals surface area contributed by atoms with E-state index in [1.54, 1.807) is 96.1 Å². The molecular formula is C41H48ClNO9. The maximum absolute atomic E-state index is 12.4. The van der Waals surface area contributed by atoms with Gasteiger partial charge in [-0.1, -0.05) is 23.7 Å². The second-order valence-corrected chi connectivity index (χ2v) is 13.8. The van der Waals surface area contributed by atoms with Crippen LogP contribution < -0.4 is 9.47 Å². The molecule has 0 amide bonds. The van der Waals surface area contributed by atoms with Gasteiger partial charge in [0.05, 0.1) is 23.7 Å². The normalized spacial score (nSPS) is 10.9. The fourth-order valence-electron chi connectivity index (χ4n) is 4.29. The van der Waals surface area contributed by atoms with Gasteiger partial charge in [-0.25, -0.2) is 9.59 Å². The van der Waals surface area contributed by atoms with Gasteiger partial charge in [-0.2, -0.15) is 0 Å². The molecule has 10 nitrogen and oxygen atoms in total. The molecule has 1 aromatic heterocycles. The fourth-order valence-corrected chi connectivity index (χ4v) is 4.42. The van der Waals surface area contributed by atoms with E-state index in [-0.39, 0.29) is 17.5 Å². The molecule has 0 atom stereocenters. The Morgan fingerprint density at radius 2 is 1.42 bits per heavy atom. The number of aryl methyl sites for hydroxylation is 2. The number of benzene rings is 3. The molecule has 0 spiro atoms. The number of carbonyl (C=O) groups is 4. The number of carboxylic acid groups (broad SMARTS) is 2. The van der Waals surface area contributed by atoms with Crippen molar-refractivity contribution in [3.8, 4) is 11.5 Å². The van der Waals surface area contributed by atoms with Crippen LogP contribution in [0.1, 0.15) is 91.8 Å². The Kier molecular flexibility index (Phi) is 16.5. The van der Waals surface area contributed by atoms with Crippen LogP contribution in [0, 0.1) is 19.3 Å². The molecule has 0 aliphatic rings. The zero-order chi connectivity index (χ0) is 39.1. The molecule has 278 valence electrons. The highest BCUT2D eigenvalue weighted by Gasteiger charge is 2.32. The van der Waals surface area contributed by atoms with Crippen molar-refractivity contribution < 1.29 is 43.6 Å². The summed E-state index contributed by atoms with van der Waals surface area (Å²) in [5, 5.41) is 17.9. The van der Waals surface area contributed by atoms with Crippen LogP contribution in [0.3, 0.4) is 0 Å². The summed E-state index contributed by atoms with van der Waals surface area (Å²) in [5.41, 5.74) is 1.78. The number of ether oxygens (including phenoxy) is 3. The van der Waals surface area contributed by atoms with Gasteiger partial charge in [0, 0.05) is 28.5 Å². The van der Waals surface area contributed by atoms with Crippen molar-refractivity contribution in [3.63, 3.8) is 0 Å². The molecule has 0 fully saturated rings. The lowest BCUT2D eigenvalue weighted by molar-refractivity contribution is -0.163. The minimum Gasteiger partial charge on any atom is -0.493 e. The van der Waals surface area contributed by atoms with Crippen LogP contribution in [0.15, 0.2) is 91.3 Å². The maximum Gasteiger partial charge on any atom is 0.350 e. The van der Waals surface area contributed by atoms with Gasteiger partial charge in [0.15, 0.2) is 11.4 Å². The van der Waals surface area contributed by atoms with Gasteiger partial charge in [-0.15, -0.1) is 0 Å². The van der Waals surface area contributed by atoms with Crippen molar-refractivity contribution in [3.05, 3.63) is 124 Å². The molecule has 0 aliphatic carbocycles. The first-order valence-corrected chi connectivity index (χ1v) is 17.1. The summed E-state index contributed by atoms with van der Waals surface area (Å²) < 4.78 is 16.6. The summed E-state index contributed by atoms with van der Waals surface area (Å²) in [7, 11) is 0. The standard InChI is InChI=1S/C20H21ClO4.C15H22O3.C6H5NO2/c1-13(2)24-19(23)20(3,4)25-17-11-7-15(8-12-17)18(22)14-5-9-16(21)10-6-14;1-11-6-7-12(2)13(10-11)18-9-5-8-15(3,4)14(16)17;8-6(9)5-2-1-3-7-4-5/h5-13H,1-4H3;6-7,10H,5,8-9H2,1-4H3,(H,16,17);1-4H,(H,8,9). The molecule has 0 aliphatic heterocycles. The molecule has 4 rings (SSSR count). The van der Waals surface area contributed by atoms with Crippen LogP contribution in [-0.2, 0) is 14.3 Å². The highest BCUT2D eigenvalue weighted by Crippen LogP contribution is 2.25. The maximum atomic E-state index is 12.4. The number of carbonyl (C=O) groups excluding carboxylic acids is 2. The van der Waals surface area contributed by atoms with Crippen molar-refractivity contribution >= 4 is 35.3 Å². The molecule has 0 saturated heterocycles. The summed E-state index contributed by atoms with van der Waals surface area (Å²) in [6.07, 6.45) is 3.99. The van der Waals surface area contributed by atoms with E-state index in [0.717, 1.165) is 17.7 Å². The molecule has 11 heteroatoms. The van der Waals surface area contributed by atoms with Crippen LogP contribution in [0.25, 0.3) is 0 Å². The average Bonchev–Trinajstić information content (AvgIpc) is 3.09. The summed E-state index contributed by atoms with van der Waals surface area (Å²) in [4.78, 5) is 49.2. The number of hydrogen-bond donors (Lipinski definition) is 2. The van der Waals surface area contributed by atoms with Gasteiger partial charge in [-0.05, 0) is 146 Å². The SMILES string of the molecule is CC(C)OC(=O)C(C)(C)Oc1ccc(C(=O)c2ccc(Cl)cc2)cc1.Cc1ccc(C)c(OCCCC(C)(C)C(=O)O)c1.O=C(O)c1cccnc1. The van der Waals surface area contributed by atoms with E-state index < -0.39 is 28.9 Å². The Bertz CT molecular complexity index is 1770. The number of aromatic nitrogens is 1. The number of rotatable bonds is 13. The molecular weight excluding hydrogens is 686 g/mol. The molecule has 0 radical (unpaired) electrons. The van der Waals surface area contributed by atoms with Crippen molar-refractivity contribution in [2.45, 2.75) is 79.9 Å². The van der Waals surface area contributed by atoms with Crippen molar-refractivity contribution in [1.29, 1.82) is 0 Å². The lowest BCUT2D eigenvalue weighted by atomic mass is 9.88. The predicted molar refractivity (Wildman–Crippen MR) is 201 cm³/mol. The van der Waals surface area contributed by atoms with Gasteiger partial charge >= 0.3 is 17.9 Å². The van der Waals surface area contributed by atoms with Gasteiger partial charge < -0.3 is 24.4 Å². The minimum atomic E-state index is -1.12. The van der Waals surface area contributed by atoms with Crippen LogP contribution in [0.4, 0.5) is 0 Å². The van der Waals surface area contributed by atoms with E-state index in [1.807, 2.05) is 26.0 Å². The molecule has 0 bridgehead atoms. The van der Waals surface area contributed by atoms with Gasteiger partial charge in [-0.3, -0.25) is 14.6 Å². The third-order valence-electron chi connectivity index (χ3n) is 7.47. The zero-order valence-electron chi connectivity index (χ0n) is 30.9. The first-order valence-electron chi connectivity index (χ1n) is 16.7.